The van der Waals surface area contributed by atoms with Gasteiger partial charge < -0.3 is 15.2 Å². The van der Waals surface area contributed by atoms with E-state index in [1.54, 1.807) is 0 Å². The van der Waals surface area contributed by atoms with Crippen LogP contribution in [0.15, 0.2) is 12.1 Å². The Morgan fingerprint density at radius 3 is 2.80 bits per heavy atom. The van der Waals surface area contributed by atoms with Gasteiger partial charge in [0.1, 0.15) is 6.10 Å². The van der Waals surface area contributed by atoms with Gasteiger partial charge in [0, 0.05) is 12.1 Å². The van der Waals surface area contributed by atoms with E-state index >= 15 is 0 Å². The largest absolute Gasteiger partial charge is 0.469 e. The summed E-state index contributed by atoms with van der Waals surface area (Å²) < 4.78 is 10.2. The fourth-order valence-electron chi connectivity index (χ4n) is 1.12. The molecule has 15 heavy (non-hydrogen) atoms. The second-order valence-electron chi connectivity index (χ2n) is 3.09. The van der Waals surface area contributed by atoms with Crippen LogP contribution in [0.25, 0.3) is 0 Å². The number of hydrogen-bond donors (Lipinski definition) is 1. The van der Waals surface area contributed by atoms with Crippen molar-refractivity contribution in [2.75, 3.05) is 18.9 Å². The Balaban J connectivity index is 2.13. The van der Waals surface area contributed by atoms with Crippen LogP contribution >= 0.6 is 0 Å². The highest BCUT2D eigenvalue weighted by atomic mass is 16.6. The molecule has 0 saturated carbocycles. The quantitative estimate of drug-likeness (QED) is 0.571. The van der Waals surface area contributed by atoms with Crippen LogP contribution in [-0.2, 0) is 4.74 Å². The van der Waals surface area contributed by atoms with E-state index in [1.807, 2.05) is 0 Å². The second-order valence-corrected chi connectivity index (χ2v) is 3.09. The SMILES string of the molecule is Nc1nc(OC2COC2)ccc1[N+](=O)[O-]. The van der Waals surface area contributed by atoms with E-state index in [2.05, 4.69) is 4.98 Å². The first-order valence-electron chi connectivity index (χ1n) is 4.32. The molecular weight excluding hydrogens is 202 g/mol. The number of pyridine rings is 1. The van der Waals surface area contributed by atoms with Crippen molar-refractivity contribution < 1.29 is 14.4 Å². The van der Waals surface area contributed by atoms with Gasteiger partial charge in [-0.1, -0.05) is 0 Å². The first-order valence-corrected chi connectivity index (χ1v) is 4.32. The molecule has 2 N–H and O–H groups in total. The lowest BCUT2D eigenvalue weighted by atomic mass is 10.3. The lowest BCUT2D eigenvalue weighted by Crippen LogP contribution is -2.38. The van der Waals surface area contributed by atoms with Gasteiger partial charge in [0.2, 0.25) is 11.7 Å². The van der Waals surface area contributed by atoms with Crippen molar-refractivity contribution in [1.29, 1.82) is 0 Å². The highest BCUT2D eigenvalue weighted by Gasteiger charge is 2.22. The molecule has 0 aliphatic carbocycles. The molecule has 0 atom stereocenters. The van der Waals surface area contributed by atoms with E-state index in [-0.39, 0.29) is 23.5 Å². The molecule has 7 heteroatoms. The van der Waals surface area contributed by atoms with Gasteiger partial charge in [-0.05, 0) is 0 Å². The van der Waals surface area contributed by atoms with Gasteiger partial charge in [-0.15, -0.1) is 0 Å². The van der Waals surface area contributed by atoms with Crippen molar-refractivity contribution in [2.45, 2.75) is 6.10 Å². The summed E-state index contributed by atoms with van der Waals surface area (Å²) in [6.07, 6.45) is -0.0293. The van der Waals surface area contributed by atoms with Crippen LogP contribution in [0.1, 0.15) is 0 Å². The van der Waals surface area contributed by atoms with E-state index in [9.17, 15) is 10.1 Å². The summed E-state index contributed by atoms with van der Waals surface area (Å²) in [4.78, 5) is 13.6. The molecule has 1 aliphatic heterocycles. The predicted molar refractivity (Wildman–Crippen MR) is 50.5 cm³/mol. The second kappa shape index (κ2) is 3.70. The molecule has 1 aromatic rings. The number of ether oxygens (including phenoxy) is 2. The first kappa shape index (κ1) is 9.66. The predicted octanol–water partition coefficient (Wildman–Crippen LogP) is 0.350. The number of nitrogens with zero attached hydrogens (tertiary/aromatic N) is 2. The van der Waals surface area contributed by atoms with Crippen LogP contribution in [0.2, 0.25) is 0 Å². The van der Waals surface area contributed by atoms with Crippen LogP contribution in [0, 0.1) is 10.1 Å². The Morgan fingerprint density at radius 1 is 1.60 bits per heavy atom. The average Bonchev–Trinajstić information content (AvgIpc) is 2.11. The Hall–Kier alpha value is -1.89. The zero-order valence-corrected chi connectivity index (χ0v) is 7.75. The Morgan fingerprint density at radius 2 is 2.33 bits per heavy atom. The van der Waals surface area contributed by atoms with Crippen molar-refractivity contribution in [3.63, 3.8) is 0 Å². The molecule has 0 aromatic carbocycles. The minimum absolute atomic E-state index is 0.0293. The van der Waals surface area contributed by atoms with Crippen LogP contribution < -0.4 is 10.5 Å². The number of aromatic nitrogens is 1. The van der Waals surface area contributed by atoms with Crippen molar-refractivity contribution >= 4 is 11.5 Å². The molecule has 1 aliphatic rings. The molecule has 0 amide bonds. The van der Waals surface area contributed by atoms with Gasteiger partial charge in [0.05, 0.1) is 18.1 Å². The standard InChI is InChI=1S/C8H9N3O4/c9-8-6(11(12)13)1-2-7(10-8)15-5-3-14-4-5/h1-2,5H,3-4H2,(H2,9,10). The molecular formula is C8H9N3O4. The smallest absolute Gasteiger partial charge is 0.311 e. The molecule has 7 nitrogen and oxygen atoms in total. The number of nitrogen functional groups attached to an aromatic ring is 1. The molecule has 0 unspecified atom stereocenters. The zero-order valence-electron chi connectivity index (χ0n) is 7.75. The fourth-order valence-corrected chi connectivity index (χ4v) is 1.12. The number of anilines is 1. The van der Waals surface area contributed by atoms with E-state index in [4.69, 9.17) is 15.2 Å². The molecule has 1 aromatic heterocycles. The molecule has 0 radical (unpaired) electrons. The monoisotopic (exact) mass is 211 g/mol. The molecule has 80 valence electrons. The molecule has 0 bridgehead atoms. The Kier molecular flexibility index (Phi) is 2.38. The summed E-state index contributed by atoms with van der Waals surface area (Å²) in [6.45, 7) is 1.02. The van der Waals surface area contributed by atoms with Gasteiger partial charge in [0.15, 0.2) is 0 Å². The van der Waals surface area contributed by atoms with Crippen LogP contribution in [0.4, 0.5) is 11.5 Å². The number of nitrogens with two attached hydrogens (primary N) is 1. The van der Waals surface area contributed by atoms with Crippen molar-refractivity contribution in [1.82, 2.24) is 4.98 Å². The Labute approximate surface area is 85.0 Å². The Bertz CT molecular complexity index is 391. The lowest BCUT2D eigenvalue weighted by Gasteiger charge is -2.25. The lowest BCUT2D eigenvalue weighted by molar-refractivity contribution is -0.384. The van der Waals surface area contributed by atoms with Gasteiger partial charge in [-0.25, -0.2) is 0 Å². The number of rotatable bonds is 3. The van der Waals surface area contributed by atoms with Crippen molar-refractivity contribution in [2.24, 2.45) is 0 Å². The summed E-state index contributed by atoms with van der Waals surface area (Å²) in [5, 5.41) is 10.4. The zero-order chi connectivity index (χ0) is 10.8. The minimum Gasteiger partial charge on any atom is -0.469 e. The highest BCUT2D eigenvalue weighted by molar-refractivity contribution is 5.53. The summed E-state index contributed by atoms with van der Waals surface area (Å²) in [5.41, 5.74) is 5.18. The van der Waals surface area contributed by atoms with Gasteiger partial charge in [-0.2, -0.15) is 4.98 Å². The molecule has 0 spiro atoms. The summed E-state index contributed by atoms with van der Waals surface area (Å²) in [6, 6.07) is 2.70. The van der Waals surface area contributed by atoms with Crippen LogP contribution in [0.5, 0.6) is 5.88 Å². The maximum atomic E-state index is 10.4. The number of hydrogen-bond acceptors (Lipinski definition) is 6. The van der Waals surface area contributed by atoms with E-state index < -0.39 is 4.92 Å². The number of nitro groups is 1. The van der Waals surface area contributed by atoms with Crippen LogP contribution in [0.3, 0.4) is 0 Å². The van der Waals surface area contributed by atoms with Gasteiger partial charge in [0.25, 0.3) is 0 Å². The summed E-state index contributed by atoms with van der Waals surface area (Å²) >= 11 is 0. The topological polar surface area (TPSA) is 101 Å². The molecule has 1 saturated heterocycles. The summed E-state index contributed by atoms with van der Waals surface area (Å²) in [7, 11) is 0. The third kappa shape index (κ3) is 1.96. The van der Waals surface area contributed by atoms with Crippen molar-refractivity contribution in [3.8, 4) is 5.88 Å². The normalized spacial score (nSPS) is 15.7. The third-order valence-corrected chi connectivity index (χ3v) is 1.97. The molecule has 2 heterocycles. The summed E-state index contributed by atoms with van der Waals surface area (Å²) in [5.74, 6) is 0.143. The van der Waals surface area contributed by atoms with E-state index in [0.29, 0.717) is 13.2 Å². The van der Waals surface area contributed by atoms with Gasteiger partial charge >= 0.3 is 5.69 Å². The average molecular weight is 211 g/mol. The van der Waals surface area contributed by atoms with Crippen molar-refractivity contribution in [3.05, 3.63) is 22.2 Å². The van der Waals surface area contributed by atoms with E-state index in [0.717, 1.165) is 0 Å². The highest BCUT2D eigenvalue weighted by Crippen LogP contribution is 2.23. The maximum Gasteiger partial charge on any atom is 0.311 e. The fraction of sp³-hybridized carbons (Fsp3) is 0.375. The van der Waals surface area contributed by atoms with E-state index in [1.165, 1.54) is 12.1 Å². The molecule has 2 rings (SSSR count). The molecule has 1 fully saturated rings. The third-order valence-electron chi connectivity index (χ3n) is 1.97. The van der Waals surface area contributed by atoms with Crippen LogP contribution in [-0.4, -0.2) is 29.2 Å². The maximum absolute atomic E-state index is 10.4. The first-order chi connectivity index (χ1) is 7.16. The minimum atomic E-state index is -0.585. The van der Waals surface area contributed by atoms with Gasteiger partial charge in [-0.3, -0.25) is 10.1 Å².